The van der Waals surface area contributed by atoms with Crippen molar-refractivity contribution in [3.8, 4) is 0 Å². The Labute approximate surface area is 107 Å². The summed E-state index contributed by atoms with van der Waals surface area (Å²) in [5, 5.41) is 3.54. The summed E-state index contributed by atoms with van der Waals surface area (Å²) < 4.78 is 13.1. The molecule has 2 aromatic carbocycles. The first kappa shape index (κ1) is 11.3. The molecule has 0 aliphatic carbocycles. The molecular formula is C16H16FN. The molecule has 1 heterocycles. The third-order valence-corrected chi connectivity index (χ3v) is 3.51. The third kappa shape index (κ3) is 2.37. The van der Waals surface area contributed by atoms with Gasteiger partial charge in [-0.15, -0.1) is 0 Å². The van der Waals surface area contributed by atoms with Gasteiger partial charge in [0.05, 0.1) is 0 Å². The third-order valence-electron chi connectivity index (χ3n) is 3.51. The lowest BCUT2D eigenvalue weighted by Crippen LogP contribution is -2.27. The number of nitrogens with one attached hydrogen (secondary N) is 1. The van der Waals surface area contributed by atoms with Gasteiger partial charge in [-0.2, -0.15) is 0 Å². The van der Waals surface area contributed by atoms with Gasteiger partial charge < -0.3 is 5.32 Å². The van der Waals surface area contributed by atoms with E-state index in [4.69, 9.17) is 0 Å². The maximum atomic E-state index is 13.1. The van der Waals surface area contributed by atoms with Gasteiger partial charge in [0, 0.05) is 11.7 Å². The number of hydrogen-bond donors (Lipinski definition) is 1. The maximum absolute atomic E-state index is 13.1. The van der Waals surface area contributed by atoms with Crippen molar-refractivity contribution in [3.63, 3.8) is 0 Å². The van der Waals surface area contributed by atoms with Crippen LogP contribution in [-0.4, -0.2) is 6.04 Å². The molecule has 0 radical (unpaired) electrons. The molecule has 0 spiro atoms. The molecule has 0 aromatic heterocycles. The number of para-hydroxylation sites is 1. The van der Waals surface area contributed by atoms with Crippen molar-refractivity contribution in [2.45, 2.75) is 25.3 Å². The van der Waals surface area contributed by atoms with Gasteiger partial charge in [-0.1, -0.05) is 30.3 Å². The van der Waals surface area contributed by atoms with Crippen molar-refractivity contribution in [3.05, 3.63) is 65.5 Å². The molecule has 2 heteroatoms. The summed E-state index contributed by atoms with van der Waals surface area (Å²) in [7, 11) is 0. The van der Waals surface area contributed by atoms with Gasteiger partial charge in [0.1, 0.15) is 5.82 Å². The topological polar surface area (TPSA) is 12.0 Å². The molecule has 1 unspecified atom stereocenters. The van der Waals surface area contributed by atoms with Gasteiger partial charge in [-0.05, 0) is 48.6 Å². The molecule has 0 saturated carbocycles. The van der Waals surface area contributed by atoms with Crippen molar-refractivity contribution >= 4 is 5.69 Å². The highest BCUT2D eigenvalue weighted by molar-refractivity contribution is 5.53. The fourth-order valence-electron chi connectivity index (χ4n) is 2.60. The van der Waals surface area contributed by atoms with Gasteiger partial charge in [0.15, 0.2) is 0 Å². The molecule has 0 bridgehead atoms. The highest BCUT2D eigenvalue weighted by atomic mass is 19.1. The zero-order valence-corrected chi connectivity index (χ0v) is 10.2. The van der Waals surface area contributed by atoms with Crippen LogP contribution in [0.4, 0.5) is 10.1 Å². The minimum atomic E-state index is -0.149. The van der Waals surface area contributed by atoms with E-state index >= 15 is 0 Å². The van der Waals surface area contributed by atoms with E-state index in [9.17, 15) is 4.39 Å². The monoisotopic (exact) mass is 241 g/mol. The first-order valence-electron chi connectivity index (χ1n) is 6.40. The van der Waals surface area contributed by atoms with Gasteiger partial charge in [-0.25, -0.2) is 4.39 Å². The predicted octanol–water partition coefficient (Wildman–Crippen LogP) is 3.80. The smallest absolute Gasteiger partial charge is 0.123 e. The van der Waals surface area contributed by atoms with Gasteiger partial charge >= 0.3 is 0 Å². The zero-order valence-electron chi connectivity index (χ0n) is 10.2. The average Bonchev–Trinajstić information content (AvgIpc) is 2.39. The Morgan fingerprint density at radius 1 is 1.11 bits per heavy atom. The number of hydrogen-bond acceptors (Lipinski definition) is 1. The van der Waals surface area contributed by atoms with E-state index in [1.54, 1.807) is 12.1 Å². The lowest BCUT2D eigenvalue weighted by molar-refractivity contribution is 0.609. The predicted molar refractivity (Wildman–Crippen MR) is 72.3 cm³/mol. The quantitative estimate of drug-likeness (QED) is 0.843. The minimum absolute atomic E-state index is 0.149. The molecule has 1 nitrogen and oxygen atoms in total. The van der Waals surface area contributed by atoms with Crippen LogP contribution >= 0.6 is 0 Å². The fraction of sp³-hybridized carbons (Fsp3) is 0.250. The molecule has 3 rings (SSSR count). The molecule has 0 saturated heterocycles. The summed E-state index contributed by atoms with van der Waals surface area (Å²) in [5.41, 5.74) is 3.67. The summed E-state index contributed by atoms with van der Waals surface area (Å²) in [5.74, 6) is -0.149. The van der Waals surface area contributed by atoms with E-state index in [1.807, 2.05) is 6.07 Å². The summed E-state index contributed by atoms with van der Waals surface area (Å²) >= 11 is 0. The molecule has 0 amide bonds. The second kappa shape index (κ2) is 4.81. The second-order valence-electron chi connectivity index (χ2n) is 4.87. The number of benzene rings is 2. The highest BCUT2D eigenvalue weighted by Crippen LogP contribution is 2.25. The standard InChI is InChI=1S/C16H16FN/c17-14-6-3-4-12(10-14)11-15-9-8-13-5-1-2-7-16(13)18-15/h1-7,10,15,18H,8-9,11H2. The molecule has 2 aromatic rings. The van der Waals surface area contributed by atoms with E-state index in [0.29, 0.717) is 6.04 Å². The van der Waals surface area contributed by atoms with E-state index < -0.39 is 0 Å². The molecule has 18 heavy (non-hydrogen) atoms. The summed E-state index contributed by atoms with van der Waals surface area (Å²) in [6.07, 6.45) is 3.09. The number of anilines is 1. The Hall–Kier alpha value is -1.83. The van der Waals surface area contributed by atoms with Gasteiger partial charge in [0.2, 0.25) is 0 Å². The normalized spacial score (nSPS) is 17.9. The molecule has 0 fully saturated rings. The van der Waals surface area contributed by atoms with Crippen molar-refractivity contribution < 1.29 is 4.39 Å². The van der Waals surface area contributed by atoms with Crippen LogP contribution in [-0.2, 0) is 12.8 Å². The van der Waals surface area contributed by atoms with Crippen molar-refractivity contribution in [1.82, 2.24) is 0 Å². The maximum Gasteiger partial charge on any atom is 0.123 e. The van der Waals surface area contributed by atoms with Crippen LogP contribution in [0.2, 0.25) is 0 Å². The van der Waals surface area contributed by atoms with Crippen LogP contribution in [0.25, 0.3) is 0 Å². The number of fused-ring (bicyclic) bond motifs is 1. The lowest BCUT2D eigenvalue weighted by Gasteiger charge is -2.27. The van der Waals surface area contributed by atoms with Crippen LogP contribution in [0.3, 0.4) is 0 Å². The van der Waals surface area contributed by atoms with Crippen LogP contribution in [0.5, 0.6) is 0 Å². The summed E-state index contributed by atoms with van der Waals surface area (Å²) in [6.45, 7) is 0. The molecule has 92 valence electrons. The molecule has 1 aliphatic heterocycles. The molecule has 1 N–H and O–H groups in total. The number of aryl methyl sites for hydroxylation is 1. The van der Waals surface area contributed by atoms with Gasteiger partial charge in [0.25, 0.3) is 0 Å². The largest absolute Gasteiger partial charge is 0.382 e. The van der Waals surface area contributed by atoms with Crippen molar-refractivity contribution in [1.29, 1.82) is 0 Å². The number of rotatable bonds is 2. The van der Waals surface area contributed by atoms with Crippen LogP contribution in [0, 0.1) is 5.82 Å². The number of halogens is 1. The van der Waals surface area contributed by atoms with Crippen molar-refractivity contribution in [2.24, 2.45) is 0 Å². The summed E-state index contributed by atoms with van der Waals surface area (Å²) in [6, 6.07) is 15.7. The first-order valence-corrected chi connectivity index (χ1v) is 6.40. The Morgan fingerprint density at radius 2 is 2.00 bits per heavy atom. The molecule has 1 atom stereocenters. The minimum Gasteiger partial charge on any atom is -0.382 e. The molecule has 1 aliphatic rings. The van der Waals surface area contributed by atoms with E-state index in [2.05, 4.69) is 29.6 Å². The lowest BCUT2D eigenvalue weighted by atomic mass is 9.94. The average molecular weight is 241 g/mol. The second-order valence-corrected chi connectivity index (χ2v) is 4.87. The SMILES string of the molecule is Fc1cccc(CC2CCc3ccccc3N2)c1. The Kier molecular flexibility index (Phi) is 3.01. The zero-order chi connectivity index (χ0) is 12.4. The van der Waals surface area contributed by atoms with E-state index in [-0.39, 0.29) is 5.82 Å². The fourth-order valence-corrected chi connectivity index (χ4v) is 2.60. The Balaban J connectivity index is 1.73. The van der Waals surface area contributed by atoms with Crippen LogP contribution < -0.4 is 5.32 Å². The van der Waals surface area contributed by atoms with Crippen LogP contribution in [0.15, 0.2) is 48.5 Å². The van der Waals surface area contributed by atoms with Crippen molar-refractivity contribution in [2.75, 3.05) is 5.32 Å². The van der Waals surface area contributed by atoms with Crippen LogP contribution in [0.1, 0.15) is 17.5 Å². The van der Waals surface area contributed by atoms with Gasteiger partial charge in [-0.3, -0.25) is 0 Å². The molecular weight excluding hydrogens is 225 g/mol. The Bertz CT molecular complexity index is 550. The summed E-state index contributed by atoms with van der Waals surface area (Å²) in [4.78, 5) is 0. The highest BCUT2D eigenvalue weighted by Gasteiger charge is 2.17. The first-order chi connectivity index (χ1) is 8.81. The van der Waals surface area contributed by atoms with E-state index in [0.717, 1.165) is 24.8 Å². The Morgan fingerprint density at radius 3 is 2.89 bits per heavy atom. The van der Waals surface area contributed by atoms with E-state index in [1.165, 1.54) is 17.3 Å².